The fraction of sp³-hybridized carbons (Fsp3) is 0.667. The van der Waals surface area contributed by atoms with E-state index in [1.54, 1.807) is 0 Å². The van der Waals surface area contributed by atoms with Gasteiger partial charge in [-0.15, -0.1) is 0 Å². The second-order valence-electron chi connectivity index (χ2n) is 6.78. The van der Waals surface area contributed by atoms with Crippen LogP contribution >= 0.6 is 15.9 Å². The molecule has 2 aliphatic heterocycles. The zero-order chi connectivity index (χ0) is 15.4. The van der Waals surface area contributed by atoms with E-state index >= 15 is 0 Å². The van der Waals surface area contributed by atoms with Crippen LogP contribution < -0.4 is 5.32 Å². The molecule has 0 saturated carbocycles. The largest absolute Gasteiger partial charge is 0.314 e. The van der Waals surface area contributed by atoms with Gasteiger partial charge in [-0.3, -0.25) is 0 Å². The number of nitrogens with one attached hydrogen (secondary N) is 1. The smallest absolute Gasteiger partial charge is 0.0212 e. The van der Waals surface area contributed by atoms with Crippen LogP contribution in [0.5, 0.6) is 0 Å². The summed E-state index contributed by atoms with van der Waals surface area (Å²) in [6.07, 6.45) is 3.73. The van der Waals surface area contributed by atoms with E-state index in [0.29, 0.717) is 0 Å². The highest BCUT2D eigenvalue weighted by Crippen LogP contribution is 2.33. The van der Waals surface area contributed by atoms with Crippen molar-refractivity contribution in [2.75, 3.05) is 52.9 Å². The maximum absolute atomic E-state index is 3.83. The summed E-state index contributed by atoms with van der Waals surface area (Å²) in [5.41, 5.74) is 2.97. The van der Waals surface area contributed by atoms with Gasteiger partial charge in [-0.1, -0.05) is 28.1 Å². The monoisotopic (exact) mass is 365 g/mol. The SMILES string of the molecule is CN1CCC(c2ccc(CCN3CCNCC3)cc2Br)CC1. The lowest BCUT2D eigenvalue weighted by Gasteiger charge is -2.30. The summed E-state index contributed by atoms with van der Waals surface area (Å²) in [4.78, 5) is 5.00. The minimum Gasteiger partial charge on any atom is -0.314 e. The van der Waals surface area contributed by atoms with Gasteiger partial charge < -0.3 is 15.1 Å². The second kappa shape index (κ2) is 7.91. The molecule has 2 fully saturated rings. The number of benzene rings is 1. The predicted octanol–water partition coefficient (Wildman–Crippen LogP) is 2.71. The Kier molecular flexibility index (Phi) is 5.91. The molecule has 22 heavy (non-hydrogen) atoms. The van der Waals surface area contributed by atoms with Gasteiger partial charge in [0.15, 0.2) is 0 Å². The molecule has 4 heteroatoms. The van der Waals surface area contributed by atoms with Crippen LogP contribution in [0.2, 0.25) is 0 Å². The molecule has 1 aromatic carbocycles. The standard InChI is InChI=1S/C18H28BrN3/c1-21-9-5-16(6-10-21)17-3-2-15(14-18(17)19)4-11-22-12-7-20-8-13-22/h2-3,14,16,20H,4-13H2,1H3. The predicted molar refractivity (Wildman–Crippen MR) is 96.6 cm³/mol. The zero-order valence-corrected chi connectivity index (χ0v) is 15.2. The summed E-state index contributed by atoms with van der Waals surface area (Å²) >= 11 is 3.83. The minimum atomic E-state index is 0.729. The average molecular weight is 366 g/mol. The van der Waals surface area contributed by atoms with Crippen molar-refractivity contribution in [3.05, 3.63) is 33.8 Å². The van der Waals surface area contributed by atoms with Gasteiger partial charge in [0.1, 0.15) is 0 Å². The van der Waals surface area contributed by atoms with Crippen molar-refractivity contribution in [1.29, 1.82) is 0 Å². The Labute approximate surface area is 143 Å². The third-order valence-corrected chi connectivity index (χ3v) is 5.84. The Bertz CT molecular complexity index is 477. The summed E-state index contributed by atoms with van der Waals surface area (Å²) in [5.74, 6) is 0.729. The lowest BCUT2D eigenvalue weighted by Crippen LogP contribution is -2.44. The van der Waals surface area contributed by atoms with Crippen LogP contribution in [0.25, 0.3) is 0 Å². The molecule has 3 nitrogen and oxygen atoms in total. The van der Waals surface area contributed by atoms with E-state index in [2.05, 4.69) is 56.3 Å². The highest BCUT2D eigenvalue weighted by Gasteiger charge is 2.20. The van der Waals surface area contributed by atoms with Crippen LogP contribution in [0.15, 0.2) is 22.7 Å². The molecule has 0 amide bonds. The third-order valence-electron chi connectivity index (χ3n) is 5.15. The Morgan fingerprint density at radius 3 is 2.55 bits per heavy atom. The number of piperidine rings is 1. The summed E-state index contributed by atoms with van der Waals surface area (Å²) in [6.45, 7) is 8.28. The Hall–Kier alpha value is -0.420. The van der Waals surface area contributed by atoms with Crippen LogP contribution in [-0.2, 0) is 6.42 Å². The van der Waals surface area contributed by atoms with Crippen molar-refractivity contribution in [1.82, 2.24) is 15.1 Å². The van der Waals surface area contributed by atoms with Crippen molar-refractivity contribution in [2.45, 2.75) is 25.2 Å². The zero-order valence-electron chi connectivity index (χ0n) is 13.7. The molecular weight excluding hydrogens is 338 g/mol. The molecule has 0 spiro atoms. The van der Waals surface area contributed by atoms with E-state index in [1.165, 1.54) is 61.2 Å². The van der Waals surface area contributed by atoms with Crippen LogP contribution in [0.3, 0.4) is 0 Å². The first-order valence-corrected chi connectivity index (χ1v) is 9.41. The molecule has 1 aromatic rings. The molecule has 0 aliphatic carbocycles. The molecular formula is C18H28BrN3. The average Bonchev–Trinajstić information content (AvgIpc) is 2.55. The highest BCUT2D eigenvalue weighted by atomic mass is 79.9. The molecule has 0 bridgehead atoms. The van der Waals surface area contributed by atoms with Gasteiger partial charge in [-0.05, 0) is 62.5 Å². The number of nitrogens with zero attached hydrogens (tertiary/aromatic N) is 2. The number of halogens is 1. The summed E-state index contributed by atoms with van der Waals surface area (Å²) in [6, 6.07) is 7.07. The second-order valence-corrected chi connectivity index (χ2v) is 7.63. The molecule has 2 saturated heterocycles. The van der Waals surface area contributed by atoms with Gasteiger partial charge in [0.25, 0.3) is 0 Å². The third kappa shape index (κ3) is 4.31. The number of hydrogen-bond acceptors (Lipinski definition) is 3. The van der Waals surface area contributed by atoms with Gasteiger partial charge in [0.2, 0.25) is 0 Å². The summed E-state index contributed by atoms with van der Waals surface area (Å²) < 4.78 is 1.32. The Balaban J connectivity index is 1.57. The van der Waals surface area contributed by atoms with Crippen LogP contribution in [-0.4, -0.2) is 62.7 Å². The van der Waals surface area contributed by atoms with Crippen molar-refractivity contribution in [3.8, 4) is 0 Å². The fourth-order valence-corrected chi connectivity index (χ4v) is 4.35. The van der Waals surface area contributed by atoms with Crippen LogP contribution in [0, 0.1) is 0 Å². The lowest BCUT2D eigenvalue weighted by molar-refractivity contribution is 0.244. The summed E-state index contributed by atoms with van der Waals surface area (Å²) in [7, 11) is 2.23. The van der Waals surface area contributed by atoms with E-state index in [1.807, 2.05) is 0 Å². The number of hydrogen-bond donors (Lipinski definition) is 1. The molecule has 122 valence electrons. The van der Waals surface area contributed by atoms with E-state index < -0.39 is 0 Å². The molecule has 2 heterocycles. The number of likely N-dealkylation sites (tertiary alicyclic amines) is 1. The maximum atomic E-state index is 3.83. The van der Waals surface area contributed by atoms with Gasteiger partial charge >= 0.3 is 0 Å². The van der Waals surface area contributed by atoms with E-state index in [4.69, 9.17) is 0 Å². The molecule has 0 radical (unpaired) electrons. The van der Waals surface area contributed by atoms with Crippen molar-refractivity contribution < 1.29 is 0 Å². The van der Waals surface area contributed by atoms with Crippen LogP contribution in [0.1, 0.15) is 29.9 Å². The molecule has 0 atom stereocenters. The maximum Gasteiger partial charge on any atom is 0.0212 e. The quantitative estimate of drug-likeness (QED) is 0.884. The fourth-order valence-electron chi connectivity index (χ4n) is 3.60. The molecule has 3 rings (SSSR count). The van der Waals surface area contributed by atoms with Gasteiger partial charge in [-0.25, -0.2) is 0 Å². The normalized spacial score (nSPS) is 22.1. The van der Waals surface area contributed by atoms with E-state index in [9.17, 15) is 0 Å². The van der Waals surface area contributed by atoms with Crippen molar-refractivity contribution >= 4 is 15.9 Å². The number of piperazine rings is 1. The van der Waals surface area contributed by atoms with Crippen molar-refractivity contribution in [3.63, 3.8) is 0 Å². The van der Waals surface area contributed by atoms with Gasteiger partial charge in [0.05, 0.1) is 0 Å². The number of rotatable bonds is 4. The Morgan fingerprint density at radius 2 is 1.86 bits per heavy atom. The van der Waals surface area contributed by atoms with E-state index in [0.717, 1.165) is 25.4 Å². The van der Waals surface area contributed by atoms with Crippen LogP contribution in [0.4, 0.5) is 0 Å². The van der Waals surface area contributed by atoms with Gasteiger partial charge in [0, 0.05) is 37.2 Å². The first kappa shape index (κ1) is 16.4. The summed E-state index contributed by atoms with van der Waals surface area (Å²) in [5, 5.41) is 3.42. The molecule has 2 aliphatic rings. The minimum absolute atomic E-state index is 0.729. The van der Waals surface area contributed by atoms with Gasteiger partial charge in [-0.2, -0.15) is 0 Å². The highest BCUT2D eigenvalue weighted by molar-refractivity contribution is 9.10. The first-order valence-electron chi connectivity index (χ1n) is 8.62. The molecule has 1 N–H and O–H groups in total. The van der Waals surface area contributed by atoms with Crippen molar-refractivity contribution in [2.24, 2.45) is 0 Å². The molecule has 0 aromatic heterocycles. The molecule has 0 unspecified atom stereocenters. The lowest BCUT2D eigenvalue weighted by atomic mass is 9.89. The topological polar surface area (TPSA) is 18.5 Å². The Morgan fingerprint density at radius 1 is 1.14 bits per heavy atom. The first-order chi connectivity index (χ1) is 10.7. The van der Waals surface area contributed by atoms with E-state index in [-0.39, 0.29) is 0 Å².